The third-order valence-corrected chi connectivity index (χ3v) is 3.30. The molecule has 0 bridgehead atoms. The highest BCUT2D eigenvalue weighted by Crippen LogP contribution is 2.24. The van der Waals surface area contributed by atoms with Crippen molar-refractivity contribution in [2.24, 2.45) is 5.92 Å². The summed E-state index contributed by atoms with van der Waals surface area (Å²) in [5.41, 5.74) is 0. The Hall–Kier alpha value is -0.0400. The van der Waals surface area contributed by atoms with Gasteiger partial charge in [0.15, 0.2) is 0 Å². The van der Waals surface area contributed by atoms with Gasteiger partial charge in [0, 0.05) is 5.92 Å². The normalized spacial score (nSPS) is 26.1. The molecule has 1 heteroatoms. The van der Waals surface area contributed by atoms with Gasteiger partial charge in [-0.3, -0.25) is 0 Å². The maximum absolute atomic E-state index is 5.49. The number of unbranched alkanes of at least 4 members (excludes halogenated alkanes) is 6. The van der Waals surface area contributed by atoms with E-state index in [2.05, 4.69) is 13.8 Å². The molecule has 2 atom stereocenters. The third-order valence-electron chi connectivity index (χ3n) is 3.30. The standard InChI is InChI=1S/C13H26O/c1-3-4-5-6-7-8-9-10-13-12(2)11-14-13/h12-13H,3-11H2,1-2H3. The van der Waals surface area contributed by atoms with Gasteiger partial charge in [0.25, 0.3) is 0 Å². The monoisotopic (exact) mass is 198 g/mol. The summed E-state index contributed by atoms with van der Waals surface area (Å²) in [7, 11) is 0. The van der Waals surface area contributed by atoms with Crippen LogP contribution < -0.4 is 0 Å². The van der Waals surface area contributed by atoms with Crippen LogP contribution in [0.3, 0.4) is 0 Å². The summed E-state index contributed by atoms with van der Waals surface area (Å²) < 4.78 is 5.49. The largest absolute Gasteiger partial charge is 0.377 e. The predicted molar refractivity (Wildman–Crippen MR) is 61.5 cm³/mol. The fraction of sp³-hybridized carbons (Fsp3) is 1.00. The topological polar surface area (TPSA) is 9.23 Å². The zero-order valence-electron chi connectivity index (χ0n) is 9.93. The van der Waals surface area contributed by atoms with E-state index >= 15 is 0 Å². The molecule has 0 aliphatic carbocycles. The highest BCUT2D eigenvalue weighted by atomic mass is 16.5. The molecule has 1 saturated heterocycles. The van der Waals surface area contributed by atoms with Crippen molar-refractivity contribution in [3.8, 4) is 0 Å². The van der Waals surface area contributed by atoms with Crippen LogP contribution in [-0.4, -0.2) is 12.7 Å². The zero-order chi connectivity index (χ0) is 10.2. The van der Waals surface area contributed by atoms with Crippen molar-refractivity contribution in [2.45, 2.75) is 71.3 Å². The second-order valence-corrected chi connectivity index (χ2v) is 4.76. The van der Waals surface area contributed by atoms with E-state index in [1.165, 1.54) is 51.4 Å². The average molecular weight is 198 g/mol. The van der Waals surface area contributed by atoms with Gasteiger partial charge >= 0.3 is 0 Å². The van der Waals surface area contributed by atoms with Crippen LogP contribution in [0.1, 0.15) is 65.2 Å². The van der Waals surface area contributed by atoms with Crippen molar-refractivity contribution in [1.82, 2.24) is 0 Å². The average Bonchev–Trinajstić information content (AvgIpc) is 2.20. The van der Waals surface area contributed by atoms with Crippen LogP contribution in [0.5, 0.6) is 0 Å². The number of hydrogen-bond acceptors (Lipinski definition) is 1. The van der Waals surface area contributed by atoms with E-state index in [0.717, 1.165) is 12.5 Å². The highest BCUT2D eigenvalue weighted by Gasteiger charge is 2.26. The molecule has 2 unspecified atom stereocenters. The molecule has 1 aliphatic rings. The molecule has 1 fully saturated rings. The molecule has 14 heavy (non-hydrogen) atoms. The maximum atomic E-state index is 5.49. The summed E-state index contributed by atoms with van der Waals surface area (Å²) in [6.45, 7) is 5.58. The quantitative estimate of drug-likeness (QED) is 0.532. The minimum Gasteiger partial charge on any atom is -0.377 e. The molecule has 0 aromatic heterocycles. The van der Waals surface area contributed by atoms with Crippen molar-refractivity contribution in [3.63, 3.8) is 0 Å². The fourth-order valence-electron chi connectivity index (χ4n) is 2.10. The number of hydrogen-bond donors (Lipinski definition) is 0. The molecular formula is C13H26O. The van der Waals surface area contributed by atoms with Crippen LogP contribution in [-0.2, 0) is 4.74 Å². The van der Waals surface area contributed by atoms with Crippen molar-refractivity contribution >= 4 is 0 Å². The molecule has 1 aliphatic heterocycles. The van der Waals surface area contributed by atoms with Gasteiger partial charge in [-0.15, -0.1) is 0 Å². The van der Waals surface area contributed by atoms with E-state index in [9.17, 15) is 0 Å². The molecule has 0 amide bonds. The summed E-state index contributed by atoms with van der Waals surface area (Å²) in [5.74, 6) is 0.829. The Kier molecular flexibility index (Phi) is 6.25. The highest BCUT2D eigenvalue weighted by molar-refractivity contribution is 4.74. The van der Waals surface area contributed by atoms with Crippen molar-refractivity contribution < 1.29 is 4.74 Å². The van der Waals surface area contributed by atoms with Gasteiger partial charge in [0.05, 0.1) is 12.7 Å². The second kappa shape index (κ2) is 7.28. The van der Waals surface area contributed by atoms with E-state index in [1.807, 2.05) is 0 Å². The molecule has 1 nitrogen and oxygen atoms in total. The molecule has 0 saturated carbocycles. The summed E-state index contributed by atoms with van der Waals surface area (Å²) in [6, 6.07) is 0. The summed E-state index contributed by atoms with van der Waals surface area (Å²) in [4.78, 5) is 0. The molecule has 84 valence electrons. The SMILES string of the molecule is CCCCCCCCCC1OCC1C. The summed E-state index contributed by atoms with van der Waals surface area (Å²) >= 11 is 0. The first-order chi connectivity index (χ1) is 6.84. The summed E-state index contributed by atoms with van der Waals surface area (Å²) in [6.07, 6.45) is 11.8. The van der Waals surface area contributed by atoms with Gasteiger partial charge in [0.1, 0.15) is 0 Å². The first-order valence-corrected chi connectivity index (χ1v) is 6.46. The summed E-state index contributed by atoms with van der Waals surface area (Å²) in [5, 5.41) is 0. The maximum Gasteiger partial charge on any atom is 0.0622 e. The lowest BCUT2D eigenvalue weighted by molar-refractivity contribution is -0.110. The lowest BCUT2D eigenvalue weighted by Gasteiger charge is -2.34. The van der Waals surface area contributed by atoms with Crippen LogP contribution >= 0.6 is 0 Å². The minimum atomic E-state index is 0.602. The van der Waals surface area contributed by atoms with Gasteiger partial charge in [-0.1, -0.05) is 58.8 Å². The van der Waals surface area contributed by atoms with Crippen LogP contribution in [0.2, 0.25) is 0 Å². The van der Waals surface area contributed by atoms with Gasteiger partial charge < -0.3 is 4.74 Å². The molecule has 1 heterocycles. The molecule has 1 rings (SSSR count). The van der Waals surface area contributed by atoms with Crippen LogP contribution in [0.15, 0.2) is 0 Å². The Labute approximate surface area is 89.2 Å². The lowest BCUT2D eigenvalue weighted by atomic mass is 9.95. The molecule has 0 radical (unpaired) electrons. The molecule has 0 aromatic carbocycles. The van der Waals surface area contributed by atoms with Crippen LogP contribution in [0.25, 0.3) is 0 Å². The molecule has 0 aromatic rings. The molecule has 0 spiro atoms. The molecular weight excluding hydrogens is 172 g/mol. The van der Waals surface area contributed by atoms with Crippen LogP contribution in [0, 0.1) is 5.92 Å². The first kappa shape index (κ1) is 12.0. The van der Waals surface area contributed by atoms with Gasteiger partial charge in [0.2, 0.25) is 0 Å². The Bertz CT molecular complexity index is 133. The minimum absolute atomic E-state index is 0.602. The van der Waals surface area contributed by atoms with E-state index in [1.54, 1.807) is 0 Å². The Morgan fingerprint density at radius 1 is 1.00 bits per heavy atom. The zero-order valence-corrected chi connectivity index (χ0v) is 9.93. The first-order valence-electron chi connectivity index (χ1n) is 6.46. The third kappa shape index (κ3) is 4.45. The van der Waals surface area contributed by atoms with Crippen LogP contribution in [0.4, 0.5) is 0 Å². The van der Waals surface area contributed by atoms with E-state index in [4.69, 9.17) is 4.74 Å². The van der Waals surface area contributed by atoms with E-state index in [-0.39, 0.29) is 0 Å². The fourth-order valence-corrected chi connectivity index (χ4v) is 2.10. The van der Waals surface area contributed by atoms with Crippen molar-refractivity contribution in [2.75, 3.05) is 6.61 Å². The smallest absolute Gasteiger partial charge is 0.0622 e. The van der Waals surface area contributed by atoms with Gasteiger partial charge in [-0.25, -0.2) is 0 Å². The molecule has 0 N–H and O–H groups in total. The number of rotatable bonds is 8. The lowest BCUT2D eigenvalue weighted by Crippen LogP contribution is -2.37. The predicted octanol–water partition coefficient (Wildman–Crippen LogP) is 4.16. The number of ether oxygens (including phenoxy) is 1. The van der Waals surface area contributed by atoms with E-state index < -0.39 is 0 Å². The Morgan fingerprint density at radius 3 is 2.14 bits per heavy atom. The van der Waals surface area contributed by atoms with E-state index in [0.29, 0.717) is 6.10 Å². The van der Waals surface area contributed by atoms with Gasteiger partial charge in [-0.2, -0.15) is 0 Å². The second-order valence-electron chi connectivity index (χ2n) is 4.76. The van der Waals surface area contributed by atoms with Crippen molar-refractivity contribution in [1.29, 1.82) is 0 Å². The van der Waals surface area contributed by atoms with Gasteiger partial charge in [-0.05, 0) is 6.42 Å². The Morgan fingerprint density at radius 2 is 1.64 bits per heavy atom. The van der Waals surface area contributed by atoms with Crippen molar-refractivity contribution in [3.05, 3.63) is 0 Å². The Balaban J connectivity index is 1.76.